The highest BCUT2D eigenvalue weighted by Gasteiger charge is 2.21. The first-order valence-corrected chi connectivity index (χ1v) is 9.46. The average molecular weight is 480 g/mol. The molecule has 1 aromatic rings. The number of rotatable bonds is 7. The summed E-state index contributed by atoms with van der Waals surface area (Å²) in [4.78, 5) is 11.1. The maximum absolute atomic E-state index is 5.69. The van der Waals surface area contributed by atoms with Crippen LogP contribution in [0, 0.1) is 0 Å². The van der Waals surface area contributed by atoms with Gasteiger partial charge in [0, 0.05) is 56.6 Å². The summed E-state index contributed by atoms with van der Waals surface area (Å²) < 4.78 is 10.7. The van der Waals surface area contributed by atoms with Crippen molar-refractivity contribution in [3.05, 3.63) is 23.9 Å². The minimum Gasteiger partial charge on any atom is -0.475 e. The number of aliphatic imine (C=N–C) groups is 1. The second kappa shape index (κ2) is 12.6. The van der Waals surface area contributed by atoms with Crippen LogP contribution in [-0.2, 0) is 11.3 Å². The molecule has 1 aromatic heterocycles. The van der Waals surface area contributed by atoms with E-state index in [0.717, 1.165) is 30.4 Å². The van der Waals surface area contributed by atoms with Crippen molar-refractivity contribution in [2.24, 2.45) is 4.99 Å². The molecule has 2 rings (SSSR count). The van der Waals surface area contributed by atoms with Gasteiger partial charge in [0.2, 0.25) is 5.88 Å². The topological polar surface area (TPSA) is 59.0 Å². The molecule has 0 amide bonds. The molecule has 0 radical (unpaired) electrons. The molecule has 0 saturated carbocycles. The Kier molecular flexibility index (Phi) is 11.2. The molecule has 142 valence electrons. The number of hydrogen-bond donors (Lipinski definition) is 1. The lowest BCUT2D eigenvalue weighted by atomic mass is 10.2. The van der Waals surface area contributed by atoms with Crippen molar-refractivity contribution in [2.75, 3.05) is 46.2 Å². The number of ether oxygens (including phenoxy) is 2. The molecule has 1 aliphatic rings. The number of nitrogens with zero attached hydrogens (tertiary/aromatic N) is 3. The van der Waals surface area contributed by atoms with Gasteiger partial charge in [-0.3, -0.25) is 4.99 Å². The third kappa shape index (κ3) is 7.18. The highest BCUT2D eigenvalue weighted by atomic mass is 127. The molecule has 0 aliphatic carbocycles. The molecule has 1 unspecified atom stereocenters. The third-order valence-electron chi connectivity index (χ3n) is 3.92. The minimum absolute atomic E-state index is 0. The maximum Gasteiger partial charge on any atom is 0.218 e. The van der Waals surface area contributed by atoms with Crippen molar-refractivity contribution in [2.45, 2.75) is 25.1 Å². The van der Waals surface area contributed by atoms with Gasteiger partial charge < -0.3 is 19.7 Å². The first-order chi connectivity index (χ1) is 11.8. The van der Waals surface area contributed by atoms with Crippen LogP contribution >= 0.6 is 35.7 Å². The molecule has 6 nitrogen and oxygen atoms in total. The van der Waals surface area contributed by atoms with E-state index < -0.39 is 0 Å². The Morgan fingerprint density at radius 1 is 1.48 bits per heavy atom. The second-order valence-corrected chi connectivity index (χ2v) is 6.97. The lowest BCUT2D eigenvalue weighted by Crippen LogP contribution is -2.47. The van der Waals surface area contributed by atoms with Gasteiger partial charge in [-0.05, 0) is 12.5 Å². The van der Waals surface area contributed by atoms with Gasteiger partial charge in [-0.25, -0.2) is 4.98 Å². The standard InChI is InChI=1S/C17H28N4O2S.HI/c1-4-15-13-21(8-11-24-15)17(18-2)20-12-14-6-5-7-19-16(14)23-10-9-22-3;/h5-7,15H,4,8-13H2,1-3H3,(H,18,20);1H. The second-order valence-electron chi connectivity index (χ2n) is 5.56. The Morgan fingerprint density at radius 3 is 3.04 bits per heavy atom. The lowest BCUT2D eigenvalue weighted by molar-refractivity contribution is 0.143. The van der Waals surface area contributed by atoms with Crippen LogP contribution in [0.5, 0.6) is 5.88 Å². The molecule has 25 heavy (non-hydrogen) atoms. The largest absolute Gasteiger partial charge is 0.475 e. The van der Waals surface area contributed by atoms with Crippen LogP contribution in [0.3, 0.4) is 0 Å². The zero-order chi connectivity index (χ0) is 17.2. The first kappa shape index (κ1) is 22.3. The smallest absolute Gasteiger partial charge is 0.218 e. The highest BCUT2D eigenvalue weighted by Crippen LogP contribution is 2.21. The number of guanidine groups is 1. The maximum atomic E-state index is 5.69. The van der Waals surface area contributed by atoms with Gasteiger partial charge in [-0.1, -0.05) is 13.0 Å². The van der Waals surface area contributed by atoms with Gasteiger partial charge in [0.05, 0.1) is 6.61 Å². The van der Waals surface area contributed by atoms with E-state index >= 15 is 0 Å². The van der Waals surface area contributed by atoms with Gasteiger partial charge in [0.1, 0.15) is 6.61 Å². The molecule has 0 aromatic carbocycles. The summed E-state index contributed by atoms with van der Waals surface area (Å²) in [7, 11) is 3.50. The predicted molar refractivity (Wildman–Crippen MR) is 115 cm³/mol. The van der Waals surface area contributed by atoms with Crippen molar-refractivity contribution in [1.82, 2.24) is 15.2 Å². The highest BCUT2D eigenvalue weighted by molar-refractivity contribution is 14.0. The predicted octanol–water partition coefficient (Wildman–Crippen LogP) is 2.63. The fourth-order valence-electron chi connectivity index (χ4n) is 2.58. The summed E-state index contributed by atoms with van der Waals surface area (Å²) in [5.41, 5.74) is 1.02. The van der Waals surface area contributed by atoms with Crippen LogP contribution in [0.25, 0.3) is 0 Å². The molecule has 1 saturated heterocycles. The fourth-order valence-corrected chi connectivity index (χ4v) is 3.76. The first-order valence-electron chi connectivity index (χ1n) is 8.41. The molecule has 0 spiro atoms. The van der Waals surface area contributed by atoms with Crippen LogP contribution in [-0.4, -0.2) is 67.3 Å². The van der Waals surface area contributed by atoms with Crippen molar-refractivity contribution in [3.8, 4) is 5.88 Å². The van der Waals surface area contributed by atoms with E-state index in [2.05, 4.69) is 38.9 Å². The van der Waals surface area contributed by atoms with E-state index in [1.54, 1.807) is 13.3 Å². The summed E-state index contributed by atoms with van der Waals surface area (Å²) >= 11 is 2.06. The number of hydrogen-bond acceptors (Lipinski definition) is 5. The monoisotopic (exact) mass is 480 g/mol. The van der Waals surface area contributed by atoms with Crippen LogP contribution in [0.4, 0.5) is 0 Å². The van der Waals surface area contributed by atoms with Crippen molar-refractivity contribution in [1.29, 1.82) is 0 Å². The summed E-state index contributed by atoms with van der Waals surface area (Å²) in [5, 5.41) is 4.13. The van der Waals surface area contributed by atoms with Crippen LogP contribution in [0.2, 0.25) is 0 Å². The third-order valence-corrected chi connectivity index (χ3v) is 5.29. The molecule has 1 atom stereocenters. The minimum atomic E-state index is 0. The van der Waals surface area contributed by atoms with Crippen LogP contribution in [0.1, 0.15) is 18.9 Å². The Morgan fingerprint density at radius 2 is 2.32 bits per heavy atom. The van der Waals surface area contributed by atoms with Crippen molar-refractivity contribution in [3.63, 3.8) is 0 Å². The SMILES string of the molecule is CCC1CN(C(=NC)NCc2cccnc2OCCOC)CCS1.I. The number of methoxy groups -OCH3 is 1. The van der Waals surface area contributed by atoms with Gasteiger partial charge in [-0.2, -0.15) is 11.8 Å². The lowest BCUT2D eigenvalue weighted by Gasteiger charge is -2.34. The molecule has 0 bridgehead atoms. The van der Waals surface area contributed by atoms with Gasteiger partial charge in [-0.15, -0.1) is 24.0 Å². The molecule has 8 heteroatoms. The van der Waals surface area contributed by atoms with Crippen LogP contribution < -0.4 is 10.1 Å². The summed E-state index contributed by atoms with van der Waals surface area (Å²) in [6.07, 6.45) is 2.94. The van der Waals surface area contributed by atoms with Crippen molar-refractivity contribution >= 4 is 41.7 Å². The Balaban J connectivity index is 0.00000312. The average Bonchev–Trinajstić information content (AvgIpc) is 2.64. The number of nitrogens with one attached hydrogen (secondary N) is 1. The summed E-state index contributed by atoms with van der Waals surface area (Å²) in [6, 6.07) is 3.95. The van der Waals surface area contributed by atoms with E-state index in [0.29, 0.717) is 30.9 Å². The Hall–Kier alpha value is -0.740. The summed E-state index contributed by atoms with van der Waals surface area (Å²) in [6.45, 7) is 6.02. The van der Waals surface area contributed by atoms with E-state index in [4.69, 9.17) is 9.47 Å². The molecule has 1 aliphatic heterocycles. The molecule has 2 heterocycles. The number of thioether (sulfide) groups is 1. The molecule has 1 N–H and O–H groups in total. The molecule has 1 fully saturated rings. The zero-order valence-electron chi connectivity index (χ0n) is 15.2. The summed E-state index contributed by atoms with van der Waals surface area (Å²) in [5.74, 6) is 2.75. The zero-order valence-corrected chi connectivity index (χ0v) is 18.4. The normalized spacial score (nSPS) is 17.8. The van der Waals surface area contributed by atoms with E-state index in [9.17, 15) is 0 Å². The fraction of sp³-hybridized carbons (Fsp3) is 0.647. The molecular weight excluding hydrogens is 451 g/mol. The van der Waals surface area contributed by atoms with Gasteiger partial charge >= 0.3 is 0 Å². The number of pyridine rings is 1. The number of aromatic nitrogens is 1. The van der Waals surface area contributed by atoms with E-state index in [1.807, 2.05) is 19.2 Å². The van der Waals surface area contributed by atoms with E-state index in [-0.39, 0.29) is 24.0 Å². The number of halogens is 1. The van der Waals surface area contributed by atoms with Crippen LogP contribution in [0.15, 0.2) is 23.3 Å². The molecular formula is C17H29IN4O2S. The van der Waals surface area contributed by atoms with Gasteiger partial charge in [0.25, 0.3) is 0 Å². The quantitative estimate of drug-likeness (QED) is 0.280. The Labute approximate surface area is 172 Å². The van der Waals surface area contributed by atoms with Crippen molar-refractivity contribution < 1.29 is 9.47 Å². The Bertz CT molecular complexity index is 533. The van der Waals surface area contributed by atoms with E-state index in [1.165, 1.54) is 6.42 Å². The van der Waals surface area contributed by atoms with Gasteiger partial charge in [0.15, 0.2) is 5.96 Å².